The van der Waals surface area contributed by atoms with Gasteiger partial charge in [0.25, 0.3) is 5.91 Å². The van der Waals surface area contributed by atoms with Gasteiger partial charge in [-0.3, -0.25) is 19.2 Å². The Kier molecular flexibility index (Phi) is 16.7. The summed E-state index contributed by atoms with van der Waals surface area (Å²) in [5.74, 6) is -0.202. The molecule has 2 fully saturated rings. The lowest BCUT2D eigenvalue weighted by atomic mass is 9.70. The molecule has 0 aromatic heterocycles. The molecule has 0 aromatic rings. The monoisotopic (exact) mass is 716 g/mol. The summed E-state index contributed by atoms with van der Waals surface area (Å²) in [6, 6.07) is -4.29. The van der Waals surface area contributed by atoms with E-state index in [1.165, 1.54) is 0 Å². The molecule has 2 unspecified atom stereocenters. The maximum atomic E-state index is 14.8. The summed E-state index contributed by atoms with van der Waals surface area (Å²) in [7, 11) is 0. The first kappa shape index (κ1) is 43.3. The number of amides is 6. The molecule has 1 saturated carbocycles. The van der Waals surface area contributed by atoms with E-state index < -0.39 is 64.7 Å². The number of carbonyl (C=O) groups is 6. The van der Waals surface area contributed by atoms with Crippen LogP contribution in [0.5, 0.6) is 0 Å². The van der Waals surface area contributed by atoms with Gasteiger partial charge in [-0.15, -0.1) is 12.3 Å². The largest absolute Gasteiger partial charge is 0.447 e. The van der Waals surface area contributed by atoms with Gasteiger partial charge in [0.1, 0.15) is 18.7 Å². The molecule has 1 heterocycles. The molecule has 0 aromatic carbocycles. The number of hydrogen-bond donors (Lipinski definition) is 5. The first-order valence-corrected chi connectivity index (χ1v) is 18.7. The summed E-state index contributed by atoms with van der Waals surface area (Å²) in [5, 5.41) is 14.0. The van der Waals surface area contributed by atoms with E-state index in [0.29, 0.717) is 38.8 Å². The minimum absolute atomic E-state index is 0.0201. The molecule has 51 heavy (non-hydrogen) atoms. The predicted molar refractivity (Wildman–Crippen MR) is 196 cm³/mol. The van der Waals surface area contributed by atoms with E-state index in [0.717, 1.165) is 19.3 Å². The number of likely N-dealkylation sites (tertiary alicyclic amines) is 1. The number of Topliss-reactive ketones (excluding diaryl/α,β-unsaturated/α-hetero) is 1. The molecule has 2 rings (SSSR count). The Morgan fingerprint density at radius 2 is 1.61 bits per heavy atom. The van der Waals surface area contributed by atoms with Crippen molar-refractivity contribution in [1.29, 1.82) is 0 Å². The second kappa shape index (κ2) is 19.7. The lowest BCUT2D eigenvalue weighted by Crippen LogP contribution is -2.63. The van der Waals surface area contributed by atoms with Gasteiger partial charge in [-0.05, 0) is 68.6 Å². The number of alkyl carbamates (subject to hydrolysis) is 1. The highest BCUT2D eigenvalue weighted by atomic mass is 16.5. The second-order valence-corrected chi connectivity index (χ2v) is 16.2. The number of rotatable bonds is 16. The SMILES string of the molecule is C#CCCC(NC(=O)[C@@H]1C(C(C)C)CCN1C(=O)[C@@H](NC(=O)N[C@H](COC(=O)NC(C)C)C(C)(C)C)C1(C)CCCCC1)C(=O)C(=O)NCCC. The van der Waals surface area contributed by atoms with Crippen LogP contribution in [0.4, 0.5) is 9.59 Å². The first-order chi connectivity index (χ1) is 23.9. The summed E-state index contributed by atoms with van der Waals surface area (Å²) in [4.78, 5) is 82.2. The van der Waals surface area contributed by atoms with Gasteiger partial charge >= 0.3 is 12.1 Å². The van der Waals surface area contributed by atoms with Crippen LogP contribution in [0.1, 0.15) is 120 Å². The normalized spacial score (nSPS) is 20.4. The van der Waals surface area contributed by atoms with Crippen molar-refractivity contribution < 1.29 is 33.5 Å². The third-order valence-corrected chi connectivity index (χ3v) is 10.2. The number of ketones is 1. The highest BCUT2D eigenvalue weighted by molar-refractivity contribution is 6.38. The van der Waals surface area contributed by atoms with Gasteiger partial charge in [-0.25, -0.2) is 9.59 Å². The van der Waals surface area contributed by atoms with Crippen LogP contribution < -0.4 is 26.6 Å². The quantitative estimate of drug-likeness (QED) is 0.118. The van der Waals surface area contributed by atoms with Crippen LogP contribution in [0, 0.1) is 35.0 Å². The Bertz CT molecular complexity index is 1260. The third-order valence-electron chi connectivity index (χ3n) is 10.2. The van der Waals surface area contributed by atoms with Crippen molar-refractivity contribution in [2.24, 2.45) is 22.7 Å². The number of hydrogen-bond acceptors (Lipinski definition) is 7. The molecule has 2 aliphatic rings. The van der Waals surface area contributed by atoms with Gasteiger partial charge in [0, 0.05) is 25.6 Å². The van der Waals surface area contributed by atoms with E-state index >= 15 is 0 Å². The Balaban J connectivity index is 2.41. The number of nitrogens with zero attached hydrogens (tertiary/aromatic N) is 1. The average molecular weight is 717 g/mol. The van der Waals surface area contributed by atoms with Gasteiger partial charge in [0.2, 0.25) is 17.6 Å². The predicted octanol–water partition coefficient (Wildman–Crippen LogP) is 4.04. The number of urea groups is 1. The topological polar surface area (TPSA) is 175 Å². The van der Waals surface area contributed by atoms with Gasteiger partial charge in [-0.1, -0.05) is 67.7 Å². The van der Waals surface area contributed by atoms with E-state index in [1.807, 2.05) is 62.3 Å². The van der Waals surface area contributed by atoms with E-state index in [2.05, 4.69) is 32.5 Å². The summed E-state index contributed by atoms with van der Waals surface area (Å²) < 4.78 is 5.42. The third kappa shape index (κ3) is 12.7. The Hall–Kier alpha value is -3.82. The molecule has 0 bridgehead atoms. The standard InChI is InChI=1S/C38H64N6O7/c1-11-13-17-27(30(45)33(47)39-21-12-2)41-32(46)29-26(24(3)4)18-22-44(29)34(48)31(38(10)19-15-14-16-20-38)43-35(49)42-28(37(7,8)9)23-51-36(50)40-25(5)6/h1,24-29,31H,12-23H2,2-10H3,(H,39,47)(H,40,50)(H,41,46)(H2,42,43,49)/t26?,27?,28-,29+,31-/m1/s1. The molecular formula is C38H64N6O7. The zero-order chi connectivity index (χ0) is 38.5. The summed E-state index contributed by atoms with van der Waals surface area (Å²) >= 11 is 0. The van der Waals surface area contributed by atoms with E-state index in [4.69, 9.17) is 11.2 Å². The molecule has 1 saturated heterocycles. The number of nitrogens with one attached hydrogen (secondary N) is 5. The van der Waals surface area contributed by atoms with Crippen LogP contribution in [0.25, 0.3) is 0 Å². The highest BCUT2D eigenvalue weighted by Crippen LogP contribution is 2.41. The van der Waals surface area contributed by atoms with Crippen LogP contribution in [-0.2, 0) is 23.9 Å². The maximum absolute atomic E-state index is 14.8. The van der Waals surface area contributed by atoms with Crippen LogP contribution in [0.2, 0.25) is 0 Å². The molecule has 1 aliphatic heterocycles. The van der Waals surface area contributed by atoms with Crippen molar-refractivity contribution in [1.82, 2.24) is 31.5 Å². The van der Waals surface area contributed by atoms with Crippen molar-refractivity contribution in [2.45, 2.75) is 150 Å². The molecule has 13 heteroatoms. The minimum atomic E-state index is -1.15. The number of carbonyl (C=O) groups excluding carboxylic acids is 6. The molecule has 288 valence electrons. The first-order valence-electron chi connectivity index (χ1n) is 18.7. The molecule has 5 N–H and O–H groups in total. The Morgan fingerprint density at radius 3 is 2.16 bits per heavy atom. The fraction of sp³-hybridized carbons (Fsp3) is 0.789. The lowest BCUT2D eigenvalue weighted by Gasteiger charge is -2.43. The van der Waals surface area contributed by atoms with Crippen LogP contribution in [0.3, 0.4) is 0 Å². The second-order valence-electron chi connectivity index (χ2n) is 16.2. The van der Waals surface area contributed by atoms with Crippen molar-refractivity contribution in [2.75, 3.05) is 19.7 Å². The zero-order valence-corrected chi connectivity index (χ0v) is 32.4. The van der Waals surface area contributed by atoms with Crippen molar-refractivity contribution in [3.63, 3.8) is 0 Å². The zero-order valence-electron chi connectivity index (χ0n) is 32.4. The van der Waals surface area contributed by atoms with Gasteiger partial charge in [0.15, 0.2) is 0 Å². The van der Waals surface area contributed by atoms with E-state index in [-0.39, 0.29) is 43.2 Å². The van der Waals surface area contributed by atoms with Gasteiger partial charge < -0.3 is 36.2 Å². The fourth-order valence-corrected chi connectivity index (χ4v) is 6.96. The van der Waals surface area contributed by atoms with Crippen LogP contribution >= 0.6 is 0 Å². The number of terminal acetylenes is 1. The maximum Gasteiger partial charge on any atom is 0.407 e. The molecule has 6 amide bonds. The fourth-order valence-electron chi connectivity index (χ4n) is 6.96. The van der Waals surface area contributed by atoms with Gasteiger partial charge in [-0.2, -0.15) is 0 Å². The average Bonchev–Trinajstić information content (AvgIpc) is 3.51. The molecule has 0 spiro atoms. The smallest absolute Gasteiger partial charge is 0.407 e. The molecule has 0 radical (unpaired) electrons. The van der Waals surface area contributed by atoms with Crippen molar-refractivity contribution in [3.8, 4) is 12.3 Å². The Morgan fingerprint density at radius 1 is 0.961 bits per heavy atom. The highest BCUT2D eigenvalue weighted by Gasteiger charge is 2.50. The lowest BCUT2D eigenvalue weighted by molar-refractivity contribution is -0.145. The van der Waals surface area contributed by atoms with Gasteiger partial charge in [0.05, 0.1) is 12.1 Å². The summed E-state index contributed by atoms with van der Waals surface area (Å²) in [6.45, 7) is 17.8. The van der Waals surface area contributed by atoms with E-state index in [1.54, 1.807) is 4.90 Å². The summed E-state index contributed by atoms with van der Waals surface area (Å²) in [6.07, 6.45) is 10.5. The van der Waals surface area contributed by atoms with Crippen molar-refractivity contribution in [3.05, 3.63) is 0 Å². The molecule has 5 atom stereocenters. The van der Waals surface area contributed by atoms with Crippen LogP contribution in [0.15, 0.2) is 0 Å². The molecule has 1 aliphatic carbocycles. The molecule has 13 nitrogen and oxygen atoms in total. The van der Waals surface area contributed by atoms with Crippen LogP contribution in [-0.4, -0.2) is 90.4 Å². The molecular weight excluding hydrogens is 652 g/mol. The Labute approximate surface area is 305 Å². The minimum Gasteiger partial charge on any atom is -0.447 e. The number of ether oxygens (including phenoxy) is 1. The summed E-state index contributed by atoms with van der Waals surface area (Å²) in [5.41, 5.74) is -1.08. The van der Waals surface area contributed by atoms with E-state index in [9.17, 15) is 28.8 Å². The van der Waals surface area contributed by atoms with Crippen molar-refractivity contribution >= 4 is 35.6 Å².